The molecule has 0 spiro atoms. The van der Waals surface area contributed by atoms with Crippen molar-refractivity contribution in [3.05, 3.63) is 188 Å². The Balaban J connectivity index is 1.07. The fourth-order valence-corrected chi connectivity index (χ4v) is 9.86. The molecule has 0 N–H and O–H groups in total. The van der Waals surface area contributed by atoms with Gasteiger partial charge in [0.2, 0.25) is 0 Å². The minimum atomic E-state index is 0.881. The van der Waals surface area contributed by atoms with Gasteiger partial charge >= 0.3 is 0 Å². The number of para-hydroxylation sites is 2. The number of furan rings is 2. The molecular weight excluding hydrogens is 703 g/mol. The van der Waals surface area contributed by atoms with E-state index in [2.05, 4.69) is 181 Å². The van der Waals surface area contributed by atoms with E-state index >= 15 is 0 Å². The first-order chi connectivity index (χ1) is 27.7. The molecular formula is C52H31NO2S. The third-order valence-electron chi connectivity index (χ3n) is 11.3. The van der Waals surface area contributed by atoms with Crippen molar-refractivity contribution in [3.8, 4) is 22.3 Å². The summed E-state index contributed by atoms with van der Waals surface area (Å²) in [7, 11) is 0. The standard InChI is InChI=1S/C52H31NO2S/c1-2-12-34-30-49-43(29-33(34)11-1)51-41(16-10-21-47(51)55-49)37-13-3-6-18-44(37)53(45-19-9-17-42-40-15-5-8-22-50(40)56-52(42)45)36-26-23-32(24-27-36)35-25-28-39-38-14-4-7-20-46(38)54-48(39)31-35/h1-31H. The van der Waals surface area contributed by atoms with Crippen molar-refractivity contribution in [2.75, 3.05) is 4.90 Å². The minimum Gasteiger partial charge on any atom is -0.456 e. The molecule has 3 heterocycles. The minimum absolute atomic E-state index is 0.881. The molecule has 0 unspecified atom stereocenters. The van der Waals surface area contributed by atoms with Crippen LogP contribution < -0.4 is 4.90 Å². The summed E-state index contributed by atoms with van der Waals surface area (Å²) in [5.74, 6) is 0. The van der Waals surface area contributed by atoms with Gasteiger partial charge in [-0.15, -0.1) is 11.3 Å². The van der Waals surface area contributed by atoms with Crippen LogP contribution in [0, 0.1) is 0 Å². The van der Waals surface area contributed by atoms with Gasteiger partial charge < -0.3 is 13.7 Å². The summed E-state index contributed by atoms with van der Waals surface area (Å²) in [4.78, 5) is 2.44. The number of thiophene rings is 1. The maximum atomic E-state index is 6.56. The number of rotatable bonds is 5. The first-order valence-corrected chi connectivity index (χ1v) is 19.7. The van der Waals surface area contributed by atoms with E-state index in [1.54, 1.807) is 0 Å². The van der Waals surface area contributed by atoms with E-state index in [1.165, 1.54) is 30.9 Å². The summed E-state index contributed by atoms with van der Waals surface area (Å²) in [6, 6.07) is 67.3. The van der Waals surface area contributed by atoms with Gasteiger partial charge in [-0.05, 0) is 94.2 Å². The van der Waals surface area contributed by atoms with E-state index in [9.17, 15) is 0 Å². The molecule has 0 saturated carbocycles. The molecule has 0 aliphatic rings. The van der Waals surface area contributed by atoms with Gasteiger partial charge in [-0.2, -0.15) is 0 Å². The number of hydrogen-bond donors (Lipinski definition) is 0. The zero-order valence-electron chi connectivity index (χ0n) is 30.1. The third kappa shape index (κ3) is 4.76. The number of nitrogens with zero attached hydrogens (tertiary/aromatic N) is 1. The van der Waals surface area contributed by atoms with Gasteiger partial charge in [-0.3, -0.25) is 0 Å². The first kappa shape index (κ1) is 31.2. The summed E-state index contributed by atoms with van der Waals surface area (Å²) in [5.41, 5.74) is 11.4. The molecule has 0 fully saturated rings. The van der Waals surface area contributed by atoms with Crippen molar-refractivity contribution in [2.45, 2.75) is 0 Å². The maximum absolute atomic E-state index is 6.56. The van der Waals surface area contributed by atoms with Crippen LogP contribution in [0.25, 0.3) is 97.1 Å². The molecule has 12 rings (SSSR count). The Kier molecular flexibility index (Phi) is 6.80. The quantitative estimate of drug-likeness (QED) is 0.176. The maximum Gasteiger partial charge on any atom is 0.136 e. The molecule has 3 nitrogen and oxygen atoms in total. The SMILES string of the molecule is c1ccc(N(c2ccc(-c3ccc4c(c3)oc3ccccc34)cc2)c2cccc3c2sc2ccccc23)c(-c2cccc3oc4cc5ccccc5cc4c23)c1. The van der Waals surface area contributed by atoms with E-state index < -0.39 is 0 Å². The van der Waals surface area contributed by atoms with Crippen LogP contribution in [0.3, 0.4) is 0 Å². The molecule has 0 saturated heterocycles. The highest BCUT2D eigenvalue weighted by molar-refractivity contribution is 7.26. The van der Waals surface area contributed by atoms with Crippen LogP contribution >= 0.6 is 11.3 Å². The lowest BCUT2D eigenvalue weighted by molar-refractivity contribution is 0.669. The van der Waals surface area contributed by atoms with Gasteiger partial charge in [-0.25, -0.2) is 0 Å². The lowest BCUT2D eigenvalue weighted by atomic mass is 9.96. The Morgan fingerprint density at radius 1 is 0.375 bits per heavy atom. The summed E-state index contributed by atoms with van der Waals surface area (Å²) in [6.45, 7) is 0. The highest BCUT2D eigenvalue weighted by Gasteiger charge is 2.23. The van der Waals surface area contributed by atoms with Crippen LogP contribution in [-0.4, -0.2) is 0 Å². The summed E-state index contributed by atoms with van der Waals surface area (Å²) < 4.78 is 15.4. The number of hydrogen-bond acceptors (Lipinski definition) is 4. The Morgan fingerprint density at radius 3 is 1.91 bits per heavy atom. The molecule has 56 heavy (non-hydrogen) atoms. The van der Waals surface area contributed by atoms with Crippen LogP contribution in [0.5, 0.6) is 0 Å². The smallest absolute Gasteiger partial charge is 0.136 e. The highest BCUT2D eigenvalue weighted by atomic mass is 32.1. The predicted molar refractivity (Wildman–Crippen MR) is 237 cm³/mol. The zero-order valence-corrected chi connectivity index (χ0v) is 30.9. The number of fused-ring (bicyclic) bond motifs is 10. The normalized spacial score (nSPS) is 11.9. The molecule has 3 aromatic heterocycles. The molecule has 12 aromatic rings. The lowest BCUT2D eigenvalue weighted by Gasteiger charge is -2.28. The molecule has 0 aliphatic carbocycles. The molecule has 4 heteroatoms. The molecule has 262 valence electrons. The fourth-order valence-electron chi connectivity index (χ4n) is 8.66. The summed E-state index contributed by atoms with van der Waals surface area (Å²) in [5, 5.41) is 9.42. The third-order valence-corrected chi connectivity index (χ3v) is 12.5. The van der Waals surface area contributed by atoms with Gasteiger partial charge in [0, 0.05) is 48.3 Å². The Bertz CT molecular complexity index is 3500. The summed E-state index contributed by atoms with van der Waals surface area (Å²) in [6.07, 6.45) is 0. The van der Waals surface area contributed by atoms with Crippen LogP contribution in [-0.2, 0) is 0 Å². The van der Waals surface area contributed by atoms with Gasteiger partial charge in [0.15, 0.2) is 0 Å². The Labute approximate surface area is 325 Å². The van der Waals surface area contributed by atoms with Crippen LogP contribution in [0.2, 0.25) is 0 Å². The van der Waals surface area contributed by atoms with Crippen molar-refractivity contribution < 1.29 is 8.83 Å². The molecule has 9 aromatic carbocycles. The first-order valence-electron chi connectivity index (χ1n) is 18.9. The van der Waals surface area contributed by atoms with E-state index in [4.69, 9.17) is 8.83 Å². The van der Waals surface area contributed by atoms with Gasteiger partial charge in [-0.1, -0.05) is 121 Å². The second-order valence-corrected chi connectivity index (χ2v) is 15.5. The largest absolute Gasteiger partial charge is 0.456 e. The molecule has 0 aliphatic heterocycles. The molecule has 0 amide bonds. The topological polar surface area (TPSA) is 29.5 Å². The van der Waals surface area contributed by atoms with Crippen molar-refractivity contribution in [1.82, 2.24) is 0 Å². The number of anilines is 3. The van der Waals surface area contributed by atoms with Crippen molar-refractivity contribution in [3.63, 3.8) is 0 Å². The fraction of sp³-hybridized carbons (Fsp3) is 0. The van der Waals surface area contributed by atoms with E-state index in [1.807, 2.05) is 23.5 Å². The molecule has 0 radical (unpaired) electrons. The monoisotopic (exact) mass is 733 g/mol. The van der Waals surface area contributed by atoms with Gasteiger partial charge in [0.1, 0.15) is 22.3 Å². The van der Waals surface area contributed by atoms with Crippen molar-refractivity contribution in [1.29, 1.82) is 0 Å². The van der Waals surface area contributed by atoms with E-state index in [0.717, 1.165) is 83.2 Å². The average Bonchev–Trinajstić information content (AvgIpc) is 3.94. The summed E-state index contributed by atoms with van der Waals surface area (Å²) >= 11 is 1.85. The van der Waals surface area contributed by atoms with Crippen LogP contribution in [0.1, 0.15) is 0 Å². The van der Waals surface area contributed by atoms with Gasteiger partial charge in [0.25, 0.3) is 0 Å². The molecule has 0 atom stereocenters. The van der Waals surface area contributed by atoms with E-state index in [-0.39, 0.29) is 0 Å². The van der Waals surface area contributed by atoms with E-state index in [0.29, 0.717) is 0 Å². The second kappa shape index (κ2) is 12.2. The lowest BCUT2D eigenvalue weighted by Crippen LogP contribution is -2.11. The Morgan fingerprint density at radius 2 is 1.00 bits per heavy atom. The average molecular weight is 734 g/mol. The number of benzene rings is 9. The second-order valence-electron chi connectivity index (χ2n) is 14.4. The molecule has 0 bridgehead atoms. The van der Waals surface area contributed by atoms with Crippen LogP contribution in [0.15, 0.2) is 197 Å². The van der Waals surface area contributed by atoms with Crippen molar-refractivity contribution >= 4 is 103 Å². The van der Waals surface area contributed by atoms with Crippen molar-refractivity contribution in [2.24, 2.45) is 0 Å². The zero-order chi connectivity index (χ0) is 36.7. The Hall–Kier alpha value is -7.14. The van der Waals surface area contributed by atoms with Gasteiger partial charge in [0.05, 0.1) is 16.1 Å². The highest BCUT2D eigenvalue weighted by Crippen LogP contribution is 2.49. The predicted octanol–water partition coefficient (Wildman–Crippen LogP) is 15.8. The van der Waals surface area contributed by atoms with Crippen LogP contribution in [0.4, 0.5) is 17.1 Å².